The van der Waals surface area contributed by atoms with E-state index in [-0.39, 0.29) is 18.4 Å². The highest BCUT2D eigenvalue weighted by Gasteiger charge is 2.19. The summed E-state index contributed by atoms with van der Waals surface area (Å²) in [7, 11) is 7.36. The number of aromatic nitrogens is 2. The lowest BCUT2D eigenvalue weighted by Crippen LogP contribution is -2.43. The standard InChI is InChI=1S/C11H19N5O.ClH/c1-14(2)8-9-16(11(17)15(3)4)10-12-6-5-7-13-10;/h5-7H,8-9H2,1-4H3;1H. The van der Waals surface area contributed by atoms with Crippen molar-refractivity contribution in [1.29, 1.82) is 0 Å². The Labute approximate surface area is 114 Å². The first kappa shape index (κ1) is 16.6. The van der Waals surface area contributed by atoms with E-state index in [1.807, 2.05) is 19.0 Å². The van der Waals surface area contributed by atoms with E-state index < -0.39 is 0 Å². The molecule has 0 aliphatic rings. The fourth-order valence-corrected chi connectivity index (χ4v) is 1.25. The van der Waals surface area contributed by atoms with Crippen LogP contribution in [0.2, 0.25) is 0 Å². The van der Waals surface area contributed by atoms with Crippen LogP contribution in [0.25, 0.3) is 0 Å². The van der Waals surface area contributed by atoms with Gasteiger partial charge in [0.1, 0.15) is 0 Å². The van der Waals surface area contributed by atoms with Crippen molar-refractivity contribution in [2.24, 2.45) is 0 Å². The molecular weight excluding hydrogens is 254 g/mol. The number of rotatable bonds is 4. The van der Waals surface area contributed by atoms with Gasteiger partial charge in [-0.25, -0.2) is 14.8 Å². The van der Waals surface area contributed by atoms with Crippen molar-refractivity contribution in [2.45, 2.75) is 0 Å². The summed E-state index contributed by atoms with van der Waals surface area (Å²) in [6.07, 6.45) is 3.27. The zero-order valence-corrected chi connectivity index (χ0v) is 12.0. The third kappa shape index (κ3) is 4.85. The van der Waals surface area contributed by atoms with Crippen molar-refractivity contribution in [1.82, 2.24) is 19.8 Å². The van der Waals surface area contributed by atoms with E-state index in [2.05, 4.69) is 9.97 Å². The third-order valence-corrected chi connectivity index (χ3v) is 2.18. The number of amides is 2. The molecule has 0 unspecified atom stereocenters. The highest BCUT2D eigenvalue weighted by atomic mass is 35.5. The molecule has 0 N–H and O–H groups in total. The minimum atomic E-state index is -0.113. The van der Waals surface area contributed by atoms with Crippen LogP contribution < -0.4 is 4.90 Å². The minimum Gasteiger partial charge on any atom is -0.330 e. The van der Waals surface area contributed by atoms with E-state index in [0.717, 1.165) is 6.54 Å². The Morgan fingerprint density at radius 3 is 2.11 bits per heavy atom. The van der Waals surface area contributed by atoms with Crippen molar-refractivity contribution in [3.05, 3.63) is 18.5 Å². The summed E-state index contributed by atoms with van der Waals surface area (Å²) in [6, 6.07) is 1.62. The number of nitrogens with zero attached hydrogens (tertiary/aromatic N) is 5. The molecule has 2 amide bonds. The predicted octanol–water partition coefficient (Wildman–Crippen LogP) is 0.948. The number of likely N-dealkylation sites (N-methyl/N-ethyl adjacent to an activating group) is 1. The van der Waals surface area contributed by atoms with E-state index >= 15 is 0 Å². The number of anilines is 1. The highest BCUT2D eigenvalue weighted by Crippen LogP contribution is 2.07. The summed E-state index contributed by atoms with van der Waals surface area (Å²) in [5.74, 6) is 0.438. The molecule has 0 spiro atoms. The molecular formula is C11H20ClN5O. The molecule has 1 rings (SSSR count). The van der Waals surface area contributed by atoms with E-state index in [0.29, 0.717) is 12.5 Å². The second-order valence-electron chi connectivity index (χ2n) is 4.18. The van der Waals surface area contributed by atoms with Gasteiger partial charge in [0.25, 0.3) is 0 Å². The fraction of sp³-hybridized carbons (Fsp3) is 0.545. The molecule has 6 nitrogen and oxygen atoms in total. The van der Waals surface area contributed by atoms with Gasteiger partial charge in [-0.1, -0.05) is 0 Å². The lowest BCUT2D eigenvalue weighted by atomic mass is 10.5. The summed E-state index contributed by atoms with van der Waals surface area (Å²) >= 11 is 0. The predicted molar refractivity (Wildman–Crippen MR) is 74.3 cm³/mol. The number of urea groups is 1. The van der Waals surface area contributed by atoms with E-state index in [1.54, 1.807) is 37.5 Å². The van der Waals surface area contributed by atoms with Crippen LogP contribution in [0.3, 0.4) is 0 Å². The van der Waals surface area contributed by atoms with Crippen molar-refractivity contribution in [3.8, 4) is 0 Å². The molecule has 1 aromatic heterocycles. The average Bonchev–Trinajstić information content (AvgIpc) is 2.30. The Bertz CT molecular complexity index is 358. The van der Waals surface area contributed by atoms with Crippen LogP contribution in [-0.2, 0) is 0 Å². The van der Waals surface area contributed by atoms with Crippen LogP contribution in [0.1, 0.15) is 0 Å². The maximum atomic E-state index is 12.0. The molecule has 0 saturated heterocycles. The van der Waals surface area contributed by atoms with Gasteiger partial charge in [-0.05, 0) is 20.2 Å². The molecule has 1 aromatic rings. The number of carbonyl (C=O) groups excluding carboxylic acids is 1. The fourth-order valence-electron chi connectivity index (χ4n) is 1.25. The number of halogens is 1. The topological polar surface area (TPSA) is 52.6 Å². The SMILES string of the molecule is CN(C)CCN(C(=O)N(C)C)c1ncccn1.Cl. The molecule has 0 saturated carbocycles. The second kappa shape index (κ2) is 7.84. The molecule has 102 valence electrons. The summed E-state index contributed by atoms with van der Waals surface area (Å²) in [4.78, 5) is 25.3. The molecule has 7 heteroatoms. The van der Waals surface area contributed by atoms with Crippen LogP contribution in [-0.4, -0.2) is 67.1 Å². The number of carbonyl (C=O) groups is 1. The zero-order valence-electron chi connectivity index (χ0n) is 11.2. The normalized spacial score (nSPS) is 9.83. The largest absolute Gasteiger partial charge is 0.330 e. The van der Waals surface area contributed by atoms with Gasteiger partial charge in [0.2, 0.25) is 5.95 Å². The average molecular weight is 274 g/mol. The monoisotopic (exact) mass is 273 g/mol. The van der Waals surface area contributed by atoms with E-state index in [4.69, 9.17) is 0 Å². The van der Waals surface area contributed by atoms with Gasteiger partial charge in [-0.15, -0.1) is 12.4 Å². The Hall–Kier alpha value is -1.40. The summed E-state index contributed by atoms with van der Waals surface area (Å²) in [6.45, 7) is 1.33. The number of hydrogen-bond acceptors (Lipinski definition) is 4. The van der Waals surface area contributed by atoms with Crippen molar-refractivity contribution < 1.29 is 4.79 Å². The quantitative estimate of drug-likeness (QED) is 0.820. The molecule has 1 heterocycles. The van der Waals surface area contributed by atoms with Gasteiger partial charge in [0.15, 0.2) is 0 Å². The summed E-state index contributed by atoms with van der Waals surface area (Å²) < 4.78 is 0. The Balaban J connectivity index is 0.00000289. The van der Waals surface area contributed by atoms with Crippen molar-refractivity contribution >= 4 is 24.4 Å². The first-order valence-electron chi connectivity index (χ1n) is 5.43. The maximum absolute atomic E-state index is 12.0. The molecule has 18 heavy (non-hydrogen) atoms. The molecule has 0 aromatic carbocycles. The third-order valence-electron chi connectivity index (χ3n) is 2.18. The van der Waals surface area contributed by atoms with Gasteiger partial charge in [-0.2, -0.15) is 0 Å². The Morgan fingerprint density at radius 1 is 1.11 bits per heavy atom. The second-order valence-corrected chi connectivity index (χ2v) is 4.18. The molecule has 0 atom stereocenters. The van der Waals surface area contributed by atoms with Gasteiger partial charge in [0.05, 0.1) is 0 Å². The lowest BCUT2D eigenvalue weighted by Gasteiger charge is -2.25. The molecule has 0 aliphatic carbocycles. The van der Waals surface area contributed by atoms with Gasteiger partial charge in [-0.3, -0.25) is 4.90 Å². The summed E-state index contributed by atoms with van der Waals surface area (Å²) in [5, 5.41) is 0. The van der Waals surface area contributed by atoms with Crippen molar-refractivity contribution in [3.63, 3.8) is 0 Å². The van der Waals surface area contributed by atoms with Crippen LogP contribution in [0.4, 0.5) is 10.7 Å². The lowest BCUT2D eigenvalue weighted by molar-refractivity contribution is 0.222. The van der Waals surface area contributed by atoms with E-state index in [1.165, 1.54) is 4.90 Å². The van der Waals surface area contributed by atoms with Crippen LogP contribution in [0, 0.1) is 0 Å². The Morgan fingerprint density at radius 2 is 1.67 bits per heavy atom. The first-order chi connectivity index (χ1) is 8.02. The molecule has 0 bridgehead atoms. The van der Waals surface area contributed by atoms with Gasteiger partial charge in [0, 0.05) is 39.6 Å². The summed E-state index contributed by atoms with van der Waals surface area (Å²) in [5.41, 5.74) is 0. The molecule has 0 aliphatic heterocycles. The maximum Gasteiger partial charge on any atom is 0.326 e. The minimum absolute atomic E-state index is 0. The highest BCUT2D eigenvalue weighted by molar-refractivity contribution is 5.89. The molecule has 0 fully saturated rings. The van der Waals surface area contributed by atoms with Crippen LogP contribution in [0.15, 0.2) is 18.5 Å². The number of hydrogen-bond donors (Lipinski definition) is 0. The Kier molecular flexibility index (Phi) is 7.23. The zero-order chi connectivity index (χ0) is 12.8. The van der Waals surface area contributed by atoms with Crippen molar-refractivity contribution in [2.75, 3.05) is 46.2 Å². The first-order valence-corrected chi connectivity index (χ1v) is 5.43. The smallest absolute Gasteiger partial charge is 0.326 e. The van der Waals surface area contributed by atoms with Gasteiger partial charge >= 0.3 is 6.03 Å². The van der Waals surface area contributed by atoms with Crippen LogP contribution >= 0.6 is 12.4 Å². The van der Waals surface area contributed by atoms with E-state index in [9.17, 15) is 4.79 Å². The van der Waals surface area contributed by atoms with Gasteiger partial charge < -0.3 is 9.80 Å². The molecule has 0 radical (unpaired) electrons. The van der Waals surface area contributed by atoms with Crippen LogP contribution in [0.5, 0.6) is 0 Å².